The normalized spacial score (nSPS) is 22.5. The van der Waals surface area contributed by atoms with Crippen molar-refractivity contribution in [3.05, 3.63) is 24.3 Å². The standard InChI is InChI=1S/C14H16N2O6S/c1-21-11-2-4-12(5-3-11)23(19,20)15-7-6-10(8-15)16-13(17)9-22-14(16)18/h2-5,10H,6-9H2,1H3. The van der Waals surface area contributed by atoms with Gasteiger partial charge in [-0.05, 0) is 30.7 Å². The van der Waals surface area contributed by atoms with Gasteiger partial charge in [0.15, 0.2) is 6.61 Å². The van der Waals surface area contributed by atoms with Crippen LogP contribution in [0, 0.1) is 0 Å². The van der Waals surface area contributed by atoms with E-state index in [0.717, 1.165) is 4.90 Å². The Labute approximate surface area is 133 Å². The third-order valence-corrected chi connectivity index (χ3v) is 5.85. The molecule has 9 heteroatoms. The van der Waals surface area contributed by atoms with Crippen LogP contribution in [0.1, 0.15) is 6.42 Å². The van der Waals surface area contributed by atoms with Crippen molar-refractivity contribution in [3.8, 4) is 5.75 Å². The smallest absolute Gasteiger partial charge is 0.417 e. The fourth-order valence-corrected chi connectivity index (χ4v) is 4.25. The second-order valence-electron chi connectivity index (χ2n) is 5.30. The molecule has 2 fully saturated rings. The van der Waals surface area contributed by atoms with Gasteiger partial charge in [0, 0.05) is 13.1 Å². The Morgan fingerprint density at radius 3 is 2.48 bits per heavy atom. The van der Waals surface area contributed by atoms with Gasteiger partial charge in [-0.25, -0.2) is 18.1 Å². The summed E-state index contributed by atoms with van der Waals surface area (Å²) in [5, 5.41) is 0. The minimum absolute atomic E-state index is 0.0786. The lowest BCUT2D eigenvalue weighted by Gasteiger charge is -2.20. The highest BCUT2D eigenvalue weighted by molar-refractivity contribution is 7.89. The number of hydrogen-bond donors (Lipinski definition) is 0. The van der Waals surface area contributed by atoms with E-state index >= 15 is 0 Å². The lowest BCUT2D eigenvalue weighted by atomic mass is 10.2. The van der Waals surface area contributed by atoms with Gasteiger partial charge in [0.25, 0.3) is 5.91 Å². The van der Waals surface area contributed by atoms with E-state index in [4.69, 9.17) is 4.74 Å². The second-order valence-corrected chi connectivity index (χ2v) is 7.24. The second kappa shape index (κ2) is 5.82. The number of benzene rings is 1. The molecule has 0 aliphatic carbocycles. The molecule has 2 amide bonds. The number of nitrogens with zero attached hydrogens (tertiary/aromatic N) is 2. The first-order valence-electron chi connectivity index (χ1n) is 7.06. The minimum atomic E-state index is -3.67. The van der Waals surface area contributed by atoms with E-state index in [1.807, 2.05) is 0 Å². The quantitative estimate of drug-likeness (QED) is 0.789. The average molecular weight is 340 g/mol. The molecule has 2 saturated heterocycles. The first kappa shape index (κ1) is 15.8. The van der Waals surface area contributed by atoms with Crippen LogP contribution in [0.5, 0.6) is 5.75 Å². The van der Waals surface area contributed by atoms with Crippen LogP contribution in [0.2, 0.25) is 0 Å². The number of carbonyl (C=O) groups is 2. The number of methoxy groups -OCH3 is 1. The van der Waals surface area contributed by atoms with Crippen molar-refractivity contribution in [2.45, 2.75) is 17.4 Å². The number of imide groups is 1. The Hall–Kier alpha value is -2.13. The van der Waals surface area contributed by atoms with Gasteiger partial charge in [-0.15, -0.1) is 0 Å². The van der Waals surface area contributed by atoms with Crippen LogP contribution < -0.4 is 4.74 Å². The van der Waals surface area contributed by atoms with Gasteiger partial charge in [0.05, 0.1) is 18.0 Å². The summed E-state index contributed by atoms with van der Waals surface area (Å²) in [6, 6.07) is 5.60. The van der Waals surface area contributed by atoms with Crippen molar-refractivity contribution < 1.29 is 27.5 Å². The van der Waals surface area contributed by atoms with Crippen molar-refractivity contribution >= 4 is 22.0 Å². The molecule has 0 N–H and O–H groups in total. The third-order valence-electron chi connectivity index (χ3n) is 3.97. The van der Waals surface area contributed by atoms with E-state index in [0.29, 0.717) is 12.2 Å². The zero-order valence-electron chi connectivity index (χ0n) is 12.5. The largest absolute Gasteiger partial charge is 0.497 e. The van der Waals surface area contributed by atoms with Gasteiger partial charge < -0.3 is 9.47 Å². The monoisotopic (exact) mass is 340 g/mol. The molecule has 3 rings (SSSR count). The minimum Gasteiger partial charge on any atom is -0.497 e. The van der Waals surface area contributed by atoms with Crippen LogP contribution in [0.15, 0.2) is 29.2 Å². The average Bonchev–Trinajstić information content (AvgIpc) is 3.14. The summed E-state index contributed by atoms with van der Waals surface area (Å²) in [5.74, 6) is 0.136. The number of carbonyl (C=O) groups excluding carboxylic acids is 2. The van der Waals surface area contributed by atoms with Crippen molar-refractivity contribution in [3.63, 3.8) is 0 Å². The molecular weight excluding hydrogens is 324 g/mol. The summed E-state index contributed by atoms with van der Waals surface area (Å²) in [6.07, 6.45) is -0.306. The van der Waals surface area contributed by atoms with Crippen LogP contribution >= 0.6 is 0 Å². The molecule has 8 nitrogen and oxygen atoms in total. The van der Waals surface area contributed by atoms with Gasteiger partial charge in [0.1, 0.15) is 5.75 Å². The highest BCUT2D eigenvalue weighted by atomic mass is 32.2. The Morgan fingerprint density at radius 2 is 1.91 bits per heavy atom. The first-order chi connectivity index (χ1) is 10.9. The maximum Gasteiger partial charge on any atom is 0.417 e. The van der Waals surface area contributed by atoms with E-state index in [1.54, 1.807) is 12.1 Å². The molecule has 0 saturated carbocycles. The van der Waals surface area contributed by atoms with Gasteiger partial charge in [-0.1, -0.05) is 0 Å². The highest BCUT2D eigenvalue weighted by Gasteiger charge is 2.43. The molecule has 2 aliphatic rings. The number of amides is 2. The van der Waals surface area contributed by atoms with Gasteiger partial charge >= 0.3 is 6.09 Å². The Morgan fingerprint density at radius 1 is 1.22 bits per heavy atom. The molecule has 124 valence electrons. The van der Waals surface area contributed by atoms with Crippen molar-refractivity contribution in [1.29, 1.82) is 0 Å². The maximum absolute atomic E-state index is 12.6. The lowest BCUT2D eigenvalue weighted by molar-refractivity contribution is -0.127. The summed E-state index contributed by atoms with van der Waals surface area (Å²) in [7, 11) is -2.17. The Balaban J connectivity index is 1.77. The number of sulfonamides is 1. The van der Waals surface area contributed by atoms with E-state index in [-0.39, 0.29) is 24.6 Å². The van der Waals surface area contributed by atoms with Crippen LogP contribution in [-0.4, -0.2) is 62.5 Å². The number of cyclic esters (lactones) is 1. The predicted octanol–water partition coefficient (Wildman–Crippen LogP) is 0.437. The van der Waals surface area contributed by atoms with Crippen LogP contribution in [0.25, 0.3) is 0 Å². The molecule has 0 spiro atoms. The van der Waals surface area contributed by atoms with Crippen LogP contribution in [0.3, 0.4) is 0 Å². The fraction of sp³-hybridized carbons (Fsp3) is 0.429. The van der Waals surface area contributed by atoms with Crippen molar-refractivity contribution in [2.75, 3.05) is 26.8 Å². The third kappa shape index (κ3) is 2.77. The zero-order chi connectivity index (χ0) is 16.6. The molecule has 2 heterocycles. The van der Waals surface area contributed by atoms with Crippen molar-refractivity contribution in [1.82, 2.24) is 9.21 Å². The van der Waals surface area contributed by atoms with Crippen molar-refractivity contribution in [2.24, 2.45) is 0 Å². The molecule has 0 bridgehead atoms. The van der Waals surface area contributed by atoms with Gasteiger partial charge in [-0.3, -0.25) is 4.79 Å². The maximum atomic E-state index is 12.6. The van der Waals surface area contributed by atoms with Gasteiger partial charge in [-0.2, -0.15) is 4.31 Å². The highest BCUT2D eigenvalue weighted by Crippen LogP contribution is 2.26. The predicted molar refractivity (Wildman–Crippen MR) is 78.4 cm³/mol. The van der Waals surface area contributed by atoms with Crippen LogP contribution in [0.4, 0.5) is 4.79 Å². The summed E-state index contributed by atoms with van der Waals surface area (Å²) >= 11 is 0. The summed E-state index contributed by atoms with van der Waals surface area (Å²) in [5.41, 5.74) is 0. The fourth-order valence-electron chi connectivity index (χ4n) is 2.75. The van der Waals surface area contributed by atoms with E-state index in [2.05, 4.69) is 4.74 Å². The van der Waals surface area contributed by atoms with E-state index < -0.39 is 28.1 Å². The molecule has 0 radical (unpaired) electrons. The Kier molecular flexibility index (Phi) is 3.99. The van der Waals surface area contributed by atoms with Gasteiger partial charge in [0.2, 0.25) is 10.0 Å². The number of rotatable bonds is 4. The summed E-state index contributed by atoms with van der Waals surface area (Å²) in [4.78, 5) is 24.4. The molecule has 2 aliphatic heterocycles. The number of hydrogen-bond acceptors (Lipinski definition) is 6. The zero-order valence-corrected chi connectivity index (χ0v) is 13.3. The molecule has 1 atom stereocenters. The van der Waals surface area contributed by atoms with E-state index in [1.165, 1.54) is 23.5 Å². The molecule has 1 aromatic rings. The number of ether oxygens (including phenoxy) is 2. The van der Waals surface area contributed by atoms with E-state index in [9.17, 15) is 18.0 Å². The SMILES string of the molecule is COc1ccc(S(=O)(=O)N2CCC(N3C(=O)COC3=O)C2)cc1. The summed E-state index contributed by atoms with van der Waals surface area (Å²) in [6.45, 7) is 0.0475. The molecule has 1 aromatic carbocycles. The Bertz CT molecular complexity index is 714. The lowest BCUT2D eigenvalue weighted by Crippen LogP contribution is -2.42. The first-order valence-corrected chi connectivity index (χ1v) is 8.50. The molecule has 23 heavy (non-hydrogen) atoms. The molecule has 1 unspecified atom stereocenters. The summed E-state index contributed by atoms with van der Waals surface area (Å²) < 4.78 is 36.2. The molecular formula is C14H16N2O6S. The molecule has 0 aromatic heterocycles. The topological polar surface area (TPSA) is 93.2 Å². The van der Waals surface area contributed by atoms with Crippen LogP contribution in [-0.2, 0) is 19.6 Å².